The molecule has 99 valence electrons. The van der Waals surface area contributed by atoms with E-state index in [1.54, 1.807) is 0 Å². The van der Waals surface area contributed by atoms with Crippen LogP contribution in [-0.2, 0) is 6.18 Å². The van der Waals surface area contributed by atoms with Crippen LogP contribution in [0.3, 0.4) is 0 Å². The summed E-state index contributed by atoms with van der Waals surface area (Å²) in [6.45, 7) is 1.34. The first-order valence-electron chi connectivity index (χ1n) is 4.96. The van der Waals surface area contributed by atoms with Crippen molar-refractivity contribution in [1.29, 1.82) is 0 Å². The number of hydrogen-bond acceptors (Lipinski definition) is 4. The van der Waals surface area contributed by atoms with E-state index in [4.69, 9.17) is 0 Å². The monoisotopic (exact) mass is 271 g/mol. The van der Waals surface area contributed by atoms with Crippen LogP contribution in [0, 0.1) is 23.1 Å². The highest BCUT2D eigenvalue weighted by atomic mass is 19.4. The minimum atomic E-state index is -4.63. The summed E-state index contributed by atoms with van der Waals surface area (Å²) in [6, 6.07) is 4.14. The number of hydrogen-bond donors (Lipinski definition) is 0. The van der Waals surface area contributed by atoms with Gasteiger partial charge in [0.2, 0.25) is 0 Å². The van der Waals surface area contributed by atoms with E-state index in [2.05, 4.69) is 10.1 Å². The summed E-state index contributed by atoms with van der Waals surface area (Å²) >= 11 is 0. The number of rotatable bonds is 2. The van der Waals surface area contributed by atoms with Crippen LogP contribution in [0.15, 0.2) is 18.3 Å². The van der Waals surface area contributed by atoms with Gasteiger partial charge in [-0.2, -0.15) is 18.3 Å². The molecular formula is C10H6F3N4O2. The van der Waals surface area contributed by atoms with Gasteiger partial charge in [-0.05, 0) is 13.0 Å². The van der Waals surface area contributed by atoms with E-state index in [1.807, 2.05) is 6.07 Å². The van der Waals surface area contributed by atoms with Crippen LogP contribution >= 0.6 is 0 Å². The Morgan fingerprint density at radius 3 is 2.63 bits per heavy atom. The van der Waals surface area contributed by atoms with Crippen molar-refractivity contribution >= 4 is 5.69 Å². The van der Waals surface area contributed by atoms with Gasteiger partial charge in [0, 0.05) is 12.1 Å². The molecule has 9 heteroatoms. The molecule has 2 aromatic heterocycles. The predicted octanol–water partition coefficient (Wildman–Crippen LogP) is 2.30. The molecule has 1 radical (unpaired) electrons. The highest BCUT2D eigenvalue weighted by Gasteiger charge is 2.36. The Balaban J connectivity index is 2.52. The molecule has 19 heavy (non-hydrogen) atoms. The number of aromatic nitrogens is 3. The third kappa shape index (κ3) is 2.39. The summed E-state index contributed by atoms with van der Waals surface area (Å²) < 4.78 is 38.5. The molecule has 0 aliphatic rings. The molecule has 0 spiro atoms. The average molecular weight is 271 g/mol. The van der Waals surface area contributed by atoms with Crippen molar-refractivity contribution < 1.29 is 18.1 Å². The Labute approximate surface area is 104 Å². The van der Waals surface area contributed by atoms with Gasteiger partial charge in [0.1, 0.15) is 5.69 Å². The van der Waals surface area contributed by atoms with E-state index in [1.165, 1.54) is 6.92 Å². The first kappa shape index (κ1) is 13.0. The van der Waals surface area contributed by atoms with Crippen molar-refractivity contribution in [3.05, 3.63) is 45.9 Å². The summed E-state index contributed by atoms with van der Waals surface area (Å²) in [5.41, 5.74) is -1.38. The molecule has 0 bridgehead atoms. The molecule has 0 atom stereocenters. The van der Waals surface area contributed by atoms with Gasteiger partial charge >= 0.3 is 6.18 Å². The Hall–Kier alpha value is -2.45. The van der Waals surface area contributed by atoms with Crippen LogP contribution in [-0.4, -0.2) is 19.7 Å². The molecule has 0 aliphatic carbocycles. The lowest BCUT2D eigenvalue weighted by Gasteiger charge is -2.09. The molecule has 0 saturated heterocycles. The summed E-state index contributed by atoms with van der Waals surface area (Å²) in [5, 5.41) is 14.1. The highest BCUT2D eigenvalue weighted by molar-refractivity contribution is 5.40. The number of nitrogens with zero attached hydrogens (tertiary/aromatic N) is 4. The van der Waals surface area contributed by atoms with Crippen molar-refractivity contribution in [2.45, 2.75) is 13.1 Å². The molecular weight excluding hydrogens is 265 g/mol. The maximum atomic E-state index is 12.6. The van der Waals surface area contributed by atoms with Gasteiger partial charge in [0.25, 0.3) is 5.69 Å². The third-order valence-corrected chi connectivity index (χ3v) is 2.31. The number of nitro groups is 1. The smallest absolute Gasteiger partial charge is 0.258 e. The zero-order valence-electron chi connectivity index (χ0n) is 9.47. The topological polar surface area (TPSA) is 73.8 Å². The van der Waals surface area contributed by atoms with Crippen molar-refractivity contribution in [2.24, 2.45) is 0 Å². The van der Waals surface area contributed by atoms with Gasteiger partial charge in [0.05, 0.1) is 11.1 Å². The van der Waals surface area contributed by atoms with E-state index in [-0.39, 0.29) is 17.2 Å². The quantitative estimate of drug-likeness (QED) is 0.620. The van der Waals surface area contributed by atoms with E-state index in [9.17, 15) is 23.3 Å². The standard InChI is InChI=1S/C10H6F3N4O2/c1-6-7(17(18)19)2-3-9(15-6)16-8(4-5-14-16)10(11,12)13/h2-3,5H,1H3. The van der Waals surface area contributed by atoms with Gasteiger partial charge in [-0.25, -0.2) is 9.67 Å². The fourth-order valence-electron chi connectivity index (χ4n) is 1.49. The van der Waals surface area contributed by atoms with E-state index < -0.39 is 16.8 Å². The fraction of sp³-hybridized carbons (Fsp3) is 0.200. The summed E-state index contributed by atoms with van der Waals surface area (Å²) in [7, 11) is 0. The lowest BCUT2D eigenvalue weighted by molar-refractivity contribution is -0.385. The van der Waals surface area contributed by atoms with Gasteiger partial charge < -0.3 is 0 Å². The van der Waals surface area contributed by atoms with Crippen molar-refractivity contribution in [3.8, 4) is 5.82 Å². The number of pyridine rings is 1. The zero-order valence-corrected chi connectivity index (χ0v) is 9.47. The van der Waals surface area contributed by atoms with Crippen molar-refractivity contribution in [1.82, 2.24) is 14.8 Å². The average Bonchev–Trinajstić information content (AvgIpc) is 2.76. The van der Waals surface area contributed by atoms with E-state index in [0.717, 1.165) is 18.3 Å². The van der Waals surface area contributed by atoms with Crippen LogP contribution in [0.25, 0.3) is 5.82 Å². The van der Waals surface area contributed by atoms with Crippen LogP contribution in [0.2, 0.25) is 0 Å². The lowest BCUT2D eigenvalue weighted by Crippen LogP contribution is -2.14. The number of halogens is 3. The van der Waals surface area contributed by atoms with Gasteiger partial charge in [-0.15, -0.1) is 0 Å². The molecule has 2 heterocycles. The first-order chi connectivity index (χ1) is 8.80. The fourth-order valence-corrected chi connectivity index (χ4v) is 1.49. The largest absolute Gasteiger partial charge is 0.434 e. The summed E-state index contributed by atoms with van der Waals surface area (Å²) in [6.07, 6.45) is -3.77. The highest BCUT2D eigenvalue weighted by Crippen LogP contribution is 2.30. The zero-order chi connectivity index (χ0) is 14.2. The molecule has 0 aromatic carbocycles. The minimum absolute atomic E-state index is 0.00567. The maximum Gasteiger partial charge on any atom is 0.434 e. The van der Waals surface area contributed by atoms with Gasteiger partial charge in [-0.1, -0.05) is 0 Å². The van der Waals surface area contributed by atoms with Crippen molar-refractivity contribution in [3.63, 3.8) is 0 Å². The number of aryl methyl sites for hydroxylation is 1. The second-order valence-corrected chi connectivity index (χ2v) is 3.58. The van der Waals surface area contributed by atoms with Crippen molar-refractivity contribution in [2.75, 3.05) is 0 Å². The Morgan fingerprint density at radius 1 is 1.42 bits per heavy atom. The second-order valence-electron chi connectivity index (χ2n) is 3.58. The molecule has 6 nitrogen and oxygen atoms in total. The Kier molecular flexibility index (Phi) is 2.97. The minimum Gasteiger partial charge on any atom is -0.258 e. The second kappa shape index (κ2) is 4.34. The molecule has 0 N–H and O–H groups in total. The predicted molar refractivity (Wildman–Crippen MR) is 56.6 cm³/mol. The molecule has 2 rings (SSSR count). The summed E-state index contributed by atoms with van der Waals surface area (Å²) in [4.78, 5) is 13.7. The number of alkyl halides is 3. The van der Waals surface area contributed by atoms with Gasteiger partial charge in [-0.3, -0.25) is 10.1 Å². The molecule has 0 aliphatic heterocycles. The van der Waals surface area contributed by atoms with Gasteiger partial charge in [0.15, 0.2) is 11.5 Å². The van der Waals surface area contributed by atoms with E-state index >= 15 is 0 Å². The summed E-state index contributed by atoms with van der Waals surface area (Å²) in [5.74, 6) is -0.156. The maximum absolute atomic E-state index is 12.6. The molecule has 0 unspecified atom stereocenters. The lowest BCUT2D eigenvalue weighted by atomic mass is 10.3. The Bertz CT molecular complexity index is 636. The van der Waals surface area contributed by atoms with Crippen LogP contribution in [0.4, 0.5) is 18.9 Å². The SMILES string of the molecule is Cc1nc(-n2nc[c]c2C(F)(F)F)ccc1[N+](=O)[O-]. The Morgan fingerprint density at radius 2 is 2.11 bits per heavy atom. The molecule has 0 amide bonds. The first-order valence-corrected chi connectivity index (χ1v) is 4.96. The molecule has 0 saturated carbocycles. The molecule has 0 fully saturated rings. The van der Waals surface area contributed by atoms with Crippen LogP contribution in [0.5, 0.6) is 0 Å². The van der Waals surface area contributed by atoms with E-state index in [0.29, 0.717) is 4.68 Å². The van der Waals surface area contributed by atoms with Crippen LogP contribution < -0.4 is 0 Å². The molecule has 2 aromatic rings. The normalized spacial score (nSPS) is 11.6. The third-order valence-electron chi connectivity index (χ3n) is 2.31. The van der Waals surface area contributed by atoms with Crippen LogP contribution in [0.1, 0.15) is 11.4 Å².